The van der Waals surface area contributed by atoms with Gasteiger partial charge >= 0.3 is 0 Å². The molecule has 0 saturated carbocycles. The third-order valence-corrected chi connectivity index (χ3v) is 4.33. The number of carbonyl (C=O) groups is 1. The van der Waals surface area contributed by atoms with Crippen LogP contribution in [0.15, 0.2) is 35.4 Å². The highest BCUT2D eigenvalue weighted by atomic mass is 16.2. The molecule has 0 bridgehead atoms. The summed E-state index contributed by atoms with van der Waals surface area (Å²) in [7, 11) is 0. The monoisotopic (exact) mass is 379 g/mol. The van der Waals surface area contributed by atoms with Crippen molar-refractivity contribution in [2.75, 3.05) is 5.32 Å². The number of hydrogen-bond donors (Lipinski definition) is 2. The minimum atomic E-state index is -0.353. The molecule has 0 saturated heterocycles. The van der Waals surface area contributed by atoms with Crippen molar-refractivity contribution in [3.05, 3.63) is 63.3 Å². The van der Waals surface area contributed by atoms with Crippen LogP contribution in [0.1, 0.15) is 34.1 Å². The van der Waals surface area contributed by atoms with Crippen LogP contribution < -0.4 is 10.9 Å². The zero-order chi connectivity index (χ0) is 19.7. The lowest BCUT2D eigenvalue weighted by Gasteiger charge is -2.04. The third kappa shape index (κ3) is 3.24. The molecule has 0 unspecified atom stereocenters. The van der Waals surface area contributed by atoms with Gasteiger partial charge in [-0.1, -0.05) is 19.1 Å². The van der Waals surface area contributed by atoms with Gasteiger partial charge in [-0.2, -0.15) is 9.50 Å². The number of nitrogens with one attached hydrogen (secondary N) is 2. The van der Waals surface area contributed by atoms with Gasteiger partial charge in [-0.25, -0.2) is 9.67 Å². The van der Waals surface area contributed by atoms with E-state index in [0.29, 0.717) is 29.8 Å². The predicted molar refractivity (Wildman–Crippen MR) is 99.0 cm³/mol. The summed E-state index contributed by atoms with van der Waals surface area (Å²) in [5.41, 5.74) is 2.43. The maximum Gasteiger partial charge on any atom is 0.277 e. The predicted octanol–water partition coefficient (Wildman–Crippen LogP) is 0.576. The van der Waals surface area contributed by atoms with Crippen molar-refractivity contribution in [3.8, 4) is 0 Å². The van der Waals surface area contributed by atoms with Crippen molar-refractivity contribution in [1.82, 2.24) is 39.8 Å². The highest BCUT2D eigenvalue weighted by Crippen LogP contribution is 2.10. The number of anilines is 1. The van der Waals surface area contributed by atoms with E-state index in [1.165, 1.54) is 10.8 Å². The Kier molecular flexibility index (Phi) is 4.39. The smallest absolute Gasteiger partial charge is 0.277 e. The fourth-order valence-electron chi connectivity index (χ4n) is 2.90. The summed E-state index contributed by atoms with van der Waals surface area (Å²) >= 11 is 0. The number of tetrazole rings is 1. The Morgan fingerprint density at radius 1 is 1.21 bits per heavy atom. The molecule has 0 fully saturated rings. The van der Waals surface area contributed by atoms with Gasteiger partial charge in [-0.15, -0.1) is 5.10 Å². The molecule has 4 rings (SSSR count). The topological polar surface area (TPSA) is 136 Å². The maximum absolute atomic E-state index is 12.5. The zero-order valence-electron chi connectivity index (χ0n) is 15.2. The van der Waals surface area contributed by atoms with Gasteiger partial charge in [0.2, 0.25) is 5.95 Å². The number of carbonyl (C=O) groups excluding carboxylic acids is 1. The Bertz CT molecular complexity index is 1190. The number of aromatic amines is 1. The molecule has 3 heterocycles. The quantitative estimate of drug-likeness (QED) is 0.517. The minimum absolute atomic E-state index is 0.153. The molecular weight excluding hydrogens is 362 g/mol. The molecule has 142 valence electrons. The lowest BCUT2D eigenvalue weighted by molar-refractivity contribution is 0.102. The van der Waals surface area contributed by atoms with Gasteiger partial charge in [0.25, 0.3) is 17.2 Å². The van der Waals surface area contributed by atoms with Gasteiger partial charge in [0.05, 0.1) is 12.2 Å². The number of nitrogens with zero attached hydrogens (tertiary/aromatic N) is 7. The second-order valence-electron chi connectivity index (χ2n) is 6.20. The summed E-state index contributed by atoms with van der Waals surface area (Å²) in [5, 5.41) is 16.4. The Labute approximate surface area is 158 Å². The van der Waals surface area contributed by atoms with Crippen LogP contribution in [0.2, 0.25) is 0 Å². The van der Waals surface area contributed by atoms with E-state index in [9.17, 15) is 9.59 Å². The van der Waals surface area contributed by atoms with E-state index < -0.39 is 0 Å². The van der Waals surface area contributed by atoms with E-state index in [-0.39, 0.29) is 23.2 Å². The summed E-state index contributed by atoms with van der Waals surface area (Å²) in [5.74, 6) is 0.0142. The fraction of sp³-hybridized carbons (Fsp3) is 0.235. The molecule has 2 N–H and O–H groups in total. The molecule has 4 aromatic rings. The van der Waals surface area contributed by atoms with Crippen LogP contribution in [-0.4, -0.2) is 45.7 Å². The normalized spacial score (nSPS) is 11.1. The van der Waals surface area contributed by atoms with Crippen molar-refractivity contribution in [3.63, 3.8) is 0 Å². The van der Waals surface area contributed by atoms with Gasteiger partial charge in [-0.05, 0) is 41.5 Å². The summed E-state index contributed by atoms with van der Waals surface area (Å²) in [6, 6.07) is 7.03. The SMILES string of the molecule is CCc1c(C)nc2nc(NC(=O)c3ccc(Cn4cnnn4)cc3)[nH]n2c1=O. The van der Waals surface area contributed by atoms with Crippen LogP contribution in [0.25, 0.3) is 5.78 Å². The van der Waals surface area contributed by atoms with E-state index in [2.05, 4.69) is 35.9 Å². The molecule has 1 aromatic carbocycles. The standard InChI is InChI=1S/C17H17N9O2/c1-3-13-10(2)19-17-21-16(22-26(17)15(13)28)20-14(27)12-6-4-11(5-7-12)8-25-9-18-23-24-25/h4-7,9H,3,8H2,1-2H3,(H2,19,20,21,22,27). The first-order valence-electron chi connectivity index (χ1n) is 8.64. The number of rotatable bonds is 5. The van der Waals surface area contributed by atoms with Crippen molar-refractivity contribution in [2.45, 2.75) is 26.8 Å². The summed E-state index contributed by atoms with van der Waals surface area (Å²) in [4.78, 5) is 33.4. The van der Waals surface area contributed by atoms with Gasteiger partial charge in [-0.3, -0.25) is 20.0 Å². The first-order chi connectivity index (χ1) is 13.5. The summed E-state index contributed by atoms with van der Waals surface area (Å²) in [6.07, 6.45) is 2.09. The van der Waals surface area contributed by atoms with Crippen molar-refractivity contribution < 1.29 is 4.79 Å². The Balaban J connectivity index is 1.53. The second kappa shape index (κ2) is 7.02. The largest absolute Gasteiger partial charge is 0.291 e. The van der Waals surface area contributed by atoms with Crippen LogP contribution in [0, 0.1) is 6.92 Å². The molecule has 0 aliphatic heterocycles. The van der Waals surface area contributed by atoms with Gasteiger partial charge in [0.1, 0.15) is 6.33 Å². The molecule has 11 nitrogen and oxygen atoms in total. The van der Waals surface area contributed by atoms with Crippen LogP contribution in [0.4, 0.5) is 5.95 Å². The molecule has 11 heteroatoms. The molecule has 28 heavy (non-hydrogen) atoms. The first kappa shape index (κ1) is 17.5. The molecule has 0 spiro atoms. The van der Waals surface area contributed by atoms with Crippen molar-refractivity contribution in [2.24, 2.45) is 0 Å². The average Bonchev–Trinajstić information content (AvgIpc) is 3.32. The average molecular weight is 379 g/mol. The first-order valence-corrected chi connectivity index (χ1v) is 8.64. The minimum Gasteiger partial charge on any atom is -0.291 e. The molecule has 3 aromatic heterocycles. The summed E-state index contributed by atoms with van der Waals surface area (Å²) < 4.78 is 2.82. The molecule has 0 aliphatic carbocycles. The lowest BCUT2D eigenvalue weighted by Crippen LogP contribution is -2.21. The van der Waals surface area contributed by atoms with E-state index in [0.717, 1.165) is 5.56 Å². The van der Waals surface area contributed by atoms with Gasteiger partial charge in [0.15, 0.2) is 0 Å². The zero-order valence-corrected chi connectivity index (χ0v) is 15.2. The summed E-state index contributed by atoms with van der Waals surface area (Å²) in [6.45, 7) is 4.16. The molecular formula is C17H17N9O2. The van der Waals surface area contributed by atoms with E-state index in [1.54, 1.807) is 23.7 Å². The Hall–Kier alpha value is -3.89. The number of amides is 1. The van der Waals surface area contributed by atoms with Crippen LogP contribution >= 0.6 is 0 Å². The van der Waals surface area contributed by atoms with Crippen LogP contribution in [-0.2, 0) is 13.0 Å². The van der Waals surface area contributed by atoms with Gasteiger partial charge < -0.3 is 0 Å². The number of aromatic nitrogens is 8. The number of fused-ring (bicyclic) bond motifs is 1. The second-order valence-corrected chi connectivity index (χ2v) is 6.20. The maximum atomic E-state index is 12.5. The number of H-pyrrole nitrogens is 1. The molecule has 0 atom stereocenters. The number of hydrogen-bond acceptors (Lipinski definition) is 7. The van der Waals surface area contributed by atoms with E-state index in [4.69, 9.17) is 0 Å². The Morgan fingerprint density at radius 3 is 2.68 bits per heavy atom. The van der Waals surface area contributed by atoms with Crippen molar-refractivity contribution >= 4 is 17.6 Å². The van der Waals surface area contributed by atoms with E-state index >= 15 is 0 Å². The molecule has 0 radical (unpaired) electrons. The highest BCUT2D eigenvalue weighted by Gasteiger charge is 2.14. The fourth-order valence-corrected chi connectivity index (χ4v) is 2.90. The van der Waals surface area contributed by atoms with Gasteiger partial charge in [0, 0.05) is 11.1 Å². The highest BCUT2D eigenvalue weighted by molar-refractivity contribution is 6.03. The lowest BCUT2D eigenvalue weighted by atomic mass is 10.1. The van der Waals surface area contributed by atoms with Crippen molar-refractivity contribution in [1.29, 1.82) is 0 Å². The molecule has 1 amide bonds. The number of benzene rings is 1. The van der Waals surface area contributed by atoms with Crippen LogP contribution in [0.5, 0.6) is 0 Å². The Morgan fingerprint density at radius 2 is 2.00 bits per heavy atom. The number of aryl methyl sites for hydroxylation is 1. The molecule has 0 aliphatic rings. The van der Waals surface area contributed by atoms with E-state index in [1.807, 2.05) is 19.1 Å². The van der Waals surface area contributed by atoms with Crippen LogP contribution in [0.3, 0.4) is 0 Å². The third-order valence-electron chi connectivity index (χ3n) is 4.33.